The van der Waals surface area contributed by atoms with Crippen molar-refractivity contribution in [1.29, 1.82) is 0 Å². The van der Waals surface area contributed by atoms with E-state index in [9.17, 15) is 0 Å². The molecule has 1 unspecified atom stereocenters. The average molecular weight is 214 g/mol. The molecule has 1 aromatic heterocycles. The Morgan fingerprint density at radius 2 is 1.88 bits per heavy atom. The van der Waals surface area contributed by atoms with Gasteiger partial charge < -0.3 is 10.5 Å². The smallest absolute Gasteiger partial charge is 0.129 e. The molecule has 1 atom stereocenters. The summed E-state index contributed by atoms with van der Waals surface area (Å²) < 4.78 is 5.48. The van der Waals surface area contributed by atoms with Crippen LogP contribution in [-0.2, 0) is 4.74 Å². The van der Waals surface area contributed by atoms with Gasteiger partial charge in [0.05, 0.1) is 0 Å². The van der Waals surface area contributed by atoms with Crippen LogP contribution in [0.3, 0.4) is 0 Å². The molecule has 0 aliphatic heterocycles. The van der Waals surface area contributed by atoms with Crippen molar-refractivity contribution in [2.24, 2.45) is 0 Å². The van der Waals surface area contributed by atoms with Crippen molar-refractivity contribution < 1.29 is 4.74 Å². The van der Waals surface area contributed by atoms with E-state index < -0.39 is 0 Å². The zero-order valence-electron chi connectivity index (χ0n) is 9.13. The molecule has 16 heavy (non-hydrogen) atoms. The first-order chi connectivity index (χ1) is 7.83. The molecule has 3 nitrogen and oxygen atoms in total. The predicted molar refractivity (Wildman–Crippen MR) is 63.9 cm³/mol. The molecule has 0 saturated carbocycles. The van der Waals surface area contributed by atoms with E-state index in [1.54, 1.807) is 13.3 Å². The number of nitrogens with zero attached hydrogens (tertiary/aromatic N) is 1. The quantitative estimate of drug-likeness (QED) is 0.853. The van der Waals surface area contributed by atoms with Crippen molar-refractivity contribution >= 4 is 5.82 Å². The van der Waals surface area contributed by atoms with E-state index in [0.29, 0.717) is 5.82 Å². The van der Waals surface area contributed by atoms with E-state index in [-0.39, 0.29) is 6.10 Å². The molecule has 0 spiro atoms. The van der Waals surface area contributed by atoms with Gasteiger partial charge in [-0.25, -0.2) is 4.98 Å². The summed E-state index contributed by atoms with van der Waals surface area (Å²) in [5.74, 6) is 0.512. The average Bonchev–Trinajstić information content (AvgIpc) is 2.34. The lowest BCUT2D eigenvalue weighted by Gasteiger charge is -2.17. The van der Waals surface area contributed by atoms with Gasteiger partial charge >= 0.3 is 0 Å². The van der Waals surface area contributed by atoms with Gasteiger partial charge in [-0.15, -0.1) is 0 Å². The molecule has 2 rings (SSSR count). The molecule has 0 aliphatic carbocycles. The number of aromatic nitrogens is 1. The summed E-state index contributed by atoms with van der Waals surface area (Å²) in [7, 11) is 1.67. The second-order valence-corrected chi connectivity index (χ2v) is 3.50. The highest BCUT2D eigenvalue weighted by Crippen LogP contribution is 2.27. The van der Waals surface area contributed by atoms with Crippen LogP contribution in [0.4, 0.5) is 5.82 Å². The van der Waals surface area contributed by atoms with Crippen LogP contribution in [-0.4, -0.2) is 12.1 Å². The summed E-state index contributed by atoms with van der Waals surface area (Å²) in [5.41, 5.74) is 7.82. The minimum Gasteiger partial charge on any atom is -0.383 e. The van der Waals surface area contributed by atoms with Crippen molar-refractivity contribution in [3.05, 3.63) is 59.8 Å². The molecule has 1 aromatic carbocycles. The molecular formula is C13H14N2O. The van der Waals surface area contributed by atoms with Crippen LogP contribution in [0.2, 0.25) is 0 Å². The maximum Gasteiger partial charge on any atom is 0.129 e. The second-order valence-electron chi connectivity index (χ2n) is 3.50. The van der Waals surface area contributed by atoms with Crippen molar-refractivity contribution in [3.8, 4) is 0 Å². The Morgan fingerprint density at radius 1 is 1.12 bits per heavy atom. The molecule has 2 N–H and O–H groups in total. The van der Waals surface area contributed by atoms with Gasteiger partial charge in [0.2, 0.25) is 0 Å². The predicted octanol–water partition coefficient (Wildman–Crippen LogP) is 2.40. The highest BCUT2D eigenvalue weighted by molar-refractivity contribution is 5.44. The van der Waals surface area contributed by atoms with Crippen LogP contribution < -0.4 is 5.73 Å². The van der Waals surface area contributed by atoms with Crippen molar-refractivity contribution in [2.75, 3.05) is 12.8 Å². The third-order valence-electron chi connectivity index (χ3n) is 2.49. The summed E-state index contributed by atoms with van der Waals surface area (Å²) in [6.07, 6.45) is 1.52. The normalized spacial score (nSPS) is 12.3. The SMILES string of the molecule is COC(c1ccccc1)c1cccnc1N. The van der Waals surface area contributed by atoms with E-state index in [4.69, 9.17) is 10.5 Å². The first-order valence-corrected chi connectivity index (χ1v) is 5.11. The van der Waals surface area contributed by atoms with Crippen molar-refractivity contribution in [1.82, 2.24) is 4.98 Å². The topological polar surface area (TPSA) is 48.1 Å². The molecule has 3 heteroatoms. The fourth-order valence-corrected chi connectivity index (χ4v) is 1.72. The van der Waals surface area contributed by atoms with Gasteiger partial charge in [-0.3, -0.25) is 0 Å². The zero-order chi connectivity index (χ0) is 11.4. The standard InChI is InChI=1S/C13H14N2O/c1-16-12(10-6-3-2-4-7-10)11-8-5-9-15-13(11)14/h2-9,12H,1H3,(H2,14,15). The summed E-state index contributed by atoms with van der Waals surface area (Å²) in [4.78, 5) is 4.07. The maximum absolute atomic E-state index is 5.84. The highest BCUT2D eigenvalue weighted by Gasteiger charge is 2.15. The molecule has 0 fully saturated rings. The fourth-order valence-electron chi connectivity index (χ4n) is 1.72. The van der Waals surface area contributed by atoms with Crippen molar-refractivity contribution in [2.45, 2.75) is 6.10 Å². The molecule has 0 saturated heterocycles. The molecule has 0 aliphatic rings. The zero-order valence-corrected chi connectivity index (χ0v) is 9.13. The van der Waals surface area contributed by atoms with Crippen LogP contribution in [0.15, 0.2) is 48.7 Å². The number of rotatable bonds is 3. The van der Waals surface area contributed by atoms with Gasteiger partial charge in [0.25, 0.3) is 0 Å². The minimum absolute atomic E-state index is 0.158. The molecule has 2 aromatic rings. The number of anilines is 1. The fraction of sp³-hybridized carbons (Fsp3) is 0.154. The summed E-state index contributed by atoms with van der Waals surface area (Å²) >= 11 is 0. The molecule has 0 amide bonds. The number of hydrogen-bond acceptors (Lipinski definition) is 3. The van der Waals surface area contributed by atoms with Crippen LogP contribution in [0, 0.1) is 0 Å². The largest absolute Gasteiger partial charge is 0.383 e. The van der Waals surface area contributed by atoms with Gasteiger partial charge in [-0.2, -0.15) is 0 Å². The van der Waals surface area contributed by atoms with E-state index in [2.05, 4.69) is 4.98 Å². The van der Waals surface area contributed by atoms with Gasteiger partial charge in [0, 0.05) is 18.9 Å². The molecule has 0 radical (unpaired) electrons. The van der Waals surface area contributed by atoms with E-state index in [1.807, 2.05) is 42.5 Å². The molecule has 0 bridgehead atoms. The monoisotopic (exact) mass is 214 g/mol. The van der Waals surface area contributed by atoms with Gasteiger partial charge in [-0.1, -0.05) is 36.4 Å². The third-order valence-corrected chi connectivity index (χ3v) is 2.49. The number of methoxy groups -OCH3 is 1. The Labute approximate surface area is 94.9 Å². The van der Waals surface area contributed by atoms with E-state index in [0.717, 1.165) is 11.1 Å². The van der Waals surface area contributed by atoms with E-state index in [1.165, 1.54) is 0 Å². The van der Waals surface area contributed by atoms with Crippen LogP contribution >= 0.6 is 0 Å². The van der Waals surface area contributed by atoms with Gasteiger partial charge in [0.1, 0.15) is 11.9 Å². The summed E-state index contributed by atoms with van der Waals surface area (Å²) in [6.45, 7) is 0. The number of ether oxygens (including phenoxy) is 1. The van der Waals surface area contributed by atoms with Crippen LogP contribution in [0.5, 0.6) is 0 Å². The molecular weight excluding hydrogens is 200 g/mol. The first-order valence-electron chi connectivity index (χ1n) is 5.11. The van der Waals surface area contributed by atoms with Crippen molar-refractivity contribution in [3.63, 3.8) is 0 Å². The lowest BCUT2D eigenvalue weighted by Crippen LogP contribution is -2.07. The number of benzene rings is 1. The Bertz CT molecular complexity index is 456. The number of nitrogen functional groups attached to an aromatic ring is 1. The molecule has 1 heterocycles. The molecule has 82 valence electrons. The minimum atomic E-state index is -0.158. The third kappa shape index (κ3) is 2.04. The van der Waals surface area contributed by atoms with Gasteiger partial charge in [0.15, 0.2) is 0 Å². The van der Waals surface area contributed by atoms with Crippen LogP contribution in [0.25, 0.3) is 0 Å². The number of nitrogens with two attached hydrogens (primary N) is 1. The first kappa shape index (κ1) is 10.6. The van der Waals surface area contributed by atoms with Gasteiger partial charge in [-0.05, 0) is 11.6 Å². The number of pyridine rings is 1. The lowest BCUT2D eigenvalue weighted by molar-refractivity contribution is 0.137. The summed E-state index contributed by atoms with van der Waals surface area (Å²) in [6, 6.07) is 13.8. The maximum atomic E-state index is 5.84. The highest BCUT2D eigenvalue weighted by atomic mass is 16.5. The summed E-state index contributed by atoms with van der Waals surface area (Å²) in [5, 5.41) is 0. The Kier molecular flexibility index (Phi) is 3.17. The van der Waals surface area contributed by atoms with E-state index >= 15 is 0 Å². The number of hydrogen-bond donors (Lipinski definition) is 1. The second kappa shape index (κ2) is 4.77. The van der Waals surface area contributed by atoms with Crippen LogP contribution in [0.1, 0.15) is 17.2 Å². The lowest BCUT2D eigenvalue weighted by atomic mass is 10.0. The Morgan fingerprint density at radius 3 is 2.50 bits per heavy atom. The Hall–Kier alpha value is -1.87. The Balaban J connectivity index is 2.41.